The van der Waals surface area contributed by atoms with E-state index in [0.29, 0.717) is 11.8 Å². The molecule has 0 saturated carbocycles. The average molecular weight is 334 g/mol. The van der Waals surface area contributed by atoms with E-state index in [-0.39, 0.29) is 6.04 Å². The Morgan fingerprint density at radius 3 is 2.20 bits per heavy atom. The second-order valence-corrected chi connectivity index (χ2v) is 7.30. The molecular weight excluding hydrogens is 308 g/mol. The van der Waals surface area contributed by atoms with Crippen molar-refractivity contribution in [2.45, 2.75) is 31.8 Å². The van der Waals surface area contributed by atoms with Gasteiger partial charge in [-0.15, -0.1) is 0 Å². The summed E-state index contributed by atoms with van der Waals surface area (Å²) in [6, 6.07) is 21.1. The molecule has 2 atom stereocenters. The second kappa shape index (κ2) is 7.40. The van der Waals surface area contributed by atoms with Crippen molar-refractivity contribution in [1.29, 1.82) is 0 Å². The molecule has 0 bridgehead atoms. The van der Waals surface area contributed by atoms with Gasteiger partial charge in [0, 0.05) is 19.6 Å². The predicted molar refractivity (Wildman–Crippen MR) is 100 cm³/mol. The van der Waals surface area contributed by atoms with Crippen molar-refractivity contribution in [2.24, 2.45) is 5.92 Å². The Hall–Kier alpha value is -2.13. The zero-order valence-electron chi connectivity index (χ0n) is 14.7. The van der Waals surface area contributed by atoms with Crippen LogP contribution in [-0.4, -0.2) is 41.4 Å². The number of likely N-dealkylation sites (tertiary alicyclic amines) is 2. The molecule has 2 heterocycles. The minimum Gasteiger partial charge on any atom is -0.341 e. The first kappa shape index (κ1) is 16.3. The van der Waals surface area contributed by atoms with E-state index >= 15 is 0 Å². The monoisotopic (exact) mass is 334 g/mol. The number of amides is 1. The van der Waals surface area contributed by atoms with E-state index in [1.165, 1.54) is 11.1 Å². The Morgan fingerprint density at radius 2 is 1.48 bits per heavy atom. The maximum Gasteiger partial charge on any atom is 0.240 e. The average Bonchev–Trinajstić information content (AvgIpc) is 3.06. The maximum atomic E-state index is 13.1. The quantitative estimate of drug-likeness (QED) is 0.837. The van der Waals surface area contributed by atoms with Crippen molar-refractivity contribution in [3.63, 3.8) is 0 Å². The molecule has 25 heavy (non-hydrogen) atoms. The number of piperidine rings is 1. The normalized spacial score (nSPS) is 23.7. The van der Waals surface area contributed by atoms with E-state index in [0.717, 1.165) is 45.4 Å². The highest BCUT2D eigenvalue weighted by Gasteiger charge is 2.43. The molecule has 130 valence electrons. The van der Waals surface area contributed by atoms with E-state index in [4.69, 9.17) is 0 Å². The van der Waals surface area contributed by atoms with E-state index in [2.05, 4.69) is 58.3 Å². The van der Waals surface area contributed by atoms with Gasteiger partial charge in [-0.1, -0.05) is 60.7 Å². The lowest BCUT2D eigenvalue weighted by Gasteiger charge is -2.37. The first-order chi connectivity index (χ1) is 12.3. The summed E-state index contributed by atoms with van der Waals surface area (Å²) in [4.78, 5) is 17.6. The highest BCUT2D eigenvalue weighted by atomic mass is 16.2. The van der Waals surface area contributed by atoms with E-state index in [9.17, 15) is 4.79 Å². The zero-order valence-corrected chi connectivity index (χ0v) is 14.7. The first-order valence-corrected chi connectivity index (χ1v) is 9.42. The number of rotatable bonds is 5. The molecular formula is C22H26N2O. The van der Waals surface area contributed by atoms with Gasteiger partial charge in [0.1, 0.15) is 0 Å². The predicted octanol–water partition coefficient (Wildman–Crippen LogP) is 3.35. The van der Waals surface area contributed by atoms with Gasteiger partial charge in [-0.25, -0.2) is 0 Å². The molecule has 0 spiro atoms. The van der Waals surface area contributed by atoms with Gasteiger partial charge < -0.3 is 4.90 Å². The number of hydrogen-bond donors (Lipinski definition) is 0. The SMILES string of the molecule is O=C1[C@@H]2[C@H](CCN1CCc1ccccc1)CCN2Cc1ccccc1. The van der Waals surface area contributed by atoms with Gasteiger partial charge in [-0.2, -0.15) is 0 Å². The van der Waals surface area contributed by atoms with Crippen molar-refractivity contribution >= 4 is 5.91 Å². The summed E-state index contributed by atoms with van der Waals surface area (Å²) in [5.41, 5.74) is 2.61. The van der Waals surface area contributed by atoms with Gasteiger partial charge in [0.25, 0.3) is 0 Å². The minimum atomic E-state index is 0.0877. The summed E-state index contributed by atoms with van der Waals surface area (Å²) in [6.45, 7) is 3.69. The number of hydrogen-bond acceptors (Lipinski definition) is 2. The topological polar surface area (TPSA) is 23.6 Å². The highest BCUT2D eigenvalue weighted by Crippen LogP contribution is 2.33. The molecule has 0 radical (unpaired) electrons. The highest BCUT2D eigenvalue weighted by molar-refractivity contribution is 5.83. The van der Waals surface area contributed by atoms with Crippen LogP contribution in [0.2, 0.25) is 0 Å². The van der Waals surface area contributed by atoms with Crippen molar-refractivity contribution < 1.29 is 4.79 Å². The van der Waals surface area contributed by atoms with Crippen LogP contribution in [0, 0.1) is 5.92 Å². The van der Waals surface area contributed by atoms with Crippen LogP contribution in [0.5, 0.6) is 0 Å². The molecule has 2 saturated heterocycles. The third-order valence-corrected chi connectivity index (χ3v) is 5.70. The van der Waals surface area contributed by atoms with Crippen LogP contribution < -0.4 is 0 Å². The van der Waals surface area contributed by atoms with Crippen molar-refractivity contribution in [2.75, 3.05) is 19.6 Å². The Bertz CT molecular complexity index is 700. The number of benzene rings is 2. The number of fused-ring (bicyclic) bond motifs is 1. The fourth-order valence-electron chi connectivity index (χ4n) is 4.33. The molecule has 0 aromatic heterocycles. The fourth-order valence-corrected chi connectivity index (χ4v) is 4.33. The Kier molecular flexibility index (Phi) is 4.84. The van der Waals surface area contributed by atoms with Gasteiger partial charge in [0.2, 0.25) is 5.91 Å². The first-order valence-electron chi connectivity index (χ1n) is 9.42. The molecule has 4 rings (SSSR count). The van der Waals surface area contributed by atoms with E-state index in [1.807, 2.05) is 12.1 Å². The van der Waals surface area contributed by atoms with Crippen LogP contribution in [0.1, 0.15) is 24.0 Å². The molecule has 1 amide bonds. The number of carbonyl (C=O) groups is 1. The fraction of sp³-hybridized carbons (Fsp3) is 0.409. The standard InChI is InChI=1S/C22H26N2O/c25-22-21-20(13-16-24(21)17-19-9-5-2-6-10-19)12-15-23(22)14-11-18-7-3-1-4-8-18/h1-10,20-21H,11-17H2/t20-,21+/m1/s1. The van der Waals surface area contributed by atoms with Gasteiger partial charge in [0.15, 0.2) is 0 Å². The Morgan fingerprint density at radius 1 is 0.840 bits per heavy atom. The molecule has 3 nitrogen and oxygen atoms in total. The molecule has 2 aromatic rings. The smallest absolute Gasteiger partial charge is 0.240 e. The van der Waals surface area contributed by atoms with E-state index < -0.39 is 0 Å². The molecule has 3 heteroatoms. The second-order valence-electron chi connectivity index (χ2n) is 7.30. The molecule has 0 aliphatic carbocycles. The molecule has 2 fully saturated rings. The van der Waals surface area contributed by atoms with Gasteiger partial charge in [0.05, 0.1) is 6.04 Å². The van der Waals surface area contributed by atoms with Crippen molar-refractivity contribution in [1.82, 2.24) is 9.80 Å². The lowest BCUT2D eigenvalue weighted by Crippen LogP contribution is -2.52. The number of nitrogens with zero attached hydrogens (tertiary/aromatic N) is 2. The lowest BCUT2D eigenvalue weighted by molar-refractivity contribution is -0.140. The van der Waals surface area contributed by atoms with Crippen LogP contribution in [0.15, 0.2) is 60.7 Å². The lowest BCUT2D eigenvalue weighted by atomic mass is 9.91. The number of carbonyl (C=O) groups excluding carboxylic acids is 1. The van der Waals surface area contributed by atoms with Crippen molar-refractivity contribution in [3.05, 3.63) is 71.8 Å². The summed E-state index contributed by atoms with van der Waals surface area (Å²) in [5.74, 6) is 0.893. The van der Waals surface area contributed by atoms with Crippen LogP contribution in [-0.2, 0) is 17.8 Å². The third-order valence-electron chi connectivity index (χ3n) is 5.70. The van der Waals surface area contributed by atoms with Crippen molar-refractivity contribution in [3.8, 4) is 0 Å². The van der Waals surface area contributed by atoms with Crippen LogP contribution in [0.4, 0.5) is 0 Å². The molecule has 2 aliphatic rings. The maximum absolute atomic E-state index is 13.1. The van der Waals surface area contributed by atoms with Gasteiger partial charge in [-0.05, 0) is 42.9 Å². The largest absolute Gasteiger partial charge is 0.341 e. The molecule has 0 unspecified atom stereocenters. The summed E-state index contributed by atoms with van der Waals surface area (Å²) >= 11 is 0. The summed E-state index contributed by atoms with van der Waals surface area (Å²) in [6.07, 6.45) is 3.26. The van der Waals surface area contributed by atoms with Crippen LogP contribution >= 0.6 is 0 Å². The summed E-state index contributed by atoms with van der Waals surface area (Å²) < 4.78 is 0. The van der Waals surface area contributed by atoms with Gasteiger partial charge in [-0.3, -0.25) is 9.69 Å². The third kappa shape index (κ3) is 3.62. The zero-order chi connectivity index (χ0) is 17.1. The van der Waals surface area contributed by atoms with Crippen LogP contribution in [0.25, 0.3) is 0 Å². The Balaban J connectivity index is 1.41. The molecule has 2 aromatic carbocycles. The summed E-state index contributed by atoms with van der Waals surface area (Å²) in [5, 5.41) is 0. The summed E-state index contributed by atoms with van der Waals surface area (Å²) in [7, 11) is 0. The van der Waals surface area contributed by atoms with E-state index in [1.54, 1.807) is 0 Å². The minimum absolute atomic E-state index is 0.0877. The van der Waals surface area contributed by atoms with Gasteiger partial charge >= 0.3 is 0 Å². The Labute approximate surface area is 150 Å². The molecule has 0 N–H and O–H groups in total. The van der Waals surface area contributed by atoms with Crippen LogP contribution in [0.3, 0.4) is 0 Å². The molecule has 2 aliphatic heterocycles.